The number of imidazole rings is 1. The number of aromatic nitrogens is 2. The molecule has 0 fully saturated rings. The van der Waals surface area contributed by atoms with Crippen LogP contribution in [0, 0.1) is 5.82 Å². The first kappa shape index (κ1) is 18.4. The third-order valence-electron chi connectivity index (χ3n) is 5.05. The number of aromatic amines is 1. The summed E-state index contributed by atoms with van der Waals surface area (Å²) in [5.74, 6) is 0.272. The van der Waals surface area contributed by atoms with Crippen LogP contribution in [0.1, 0.15) is 23.0 Å². The molecular weight excluding hydrogens is 403 g/mol. The summed E-state index contributed by atoms with van der Waals surface area (Å²) in [6.07, 6.45) is 0. The number of para-hydroxylation sites is 2. The Kier molecular flexibility index (Phi) is 4.48. The third-order valence-corrected chi connectivity index (χ3v) is 5.30. The molecule has 2 heterocycles. The Morgan fingerprint density at radius 1 is 0.933 bits per heavy atom. The molecule has 0 saturated carbocycles. The highest BCUT2D eigenvalue weighted by Crippen LogP contribution is 2.37. The van der Waals surface area contributed by atoms with Gasteiger partial charge in [-0.2, -0.15) is 0 Å². The topological polar surface area (TPSA) is 69.8 Å². The van der Waals surface area contributed by atoms with E-state index in [2.05, 4.69) is 15.6 Å². The molecule has 1 atom stereocenters. The number of urea groups is 1. The Hall–Kier alpha value is -3.64. The zero-order chi connectivity index (χ0) is 20.7. The minimum atomic E-state index is -0.523. The summed E-state index contributed by atoms with van der Waals surface area (Å²) in [4.78, 5) is 20.6. The van der Waals surface area contributed by atoms with E-state index in [4.69, 9.17) is 16.6 Å². The van der Waals surface area contributed by atoms with Crippen molar-refractivity contribution in [3.05, 3.63) is 101 Å². The van der Waals surface area contributed by atoms with E-state index >= 15 is 0 Å². The maximum atomic E-state index is 13.5. The molecule has 0 aliphatic carbocycles. The Morgan fingerprint density at radius 2 is 1.67 bits per heavy atom. The van der Waals surface area contributed by atoms with Crippen molar-refractivity contribution in [1.29, 1.82) is 0 Å². The monoisotopic (exact) mass is 418 g/mol. The molecule has 5 rings (SSSR count). The highest BCUT2D eigenvalue weighted by atomic mass is 35.5. The lowest BCUT2D eigenvalue weighted by Crippen LogP contribution is -2.43. The van der Waals surface area contributed by atoms with Crippen LogP contribution in [0.2, 0.25) is 5.02 Å². The molecule has 1 unspecified atom stereocenters. The van der Waals surface area contributed by atoms with Gasteiger partial charge in [0.15, 0.2) is 0 Å². The molecule has 1 aromatic heterocycles. The molecule has 0 spiro atoms. The summed E-state index contributed by atoms with van der Waals surface area (Å²) in [6.45, 7) is 0. The van der Waals surface area contributed by atoms with Crippen LogP contribution < -0.4 is 10.6 Å². The number of hydrogen-bond acceptors (Lipinski definition) is 2. The molecular formula is C23H16ClFN4O. The van der Waals surface area contributed by atoms with E-state index in [1.54, 1.807) is 24.3 Å². The first-order valence-corrected chi connectivity index (χ1v) is 9.74. The first-order valence-electron chi connectivity index (χ1n) is 9.37. The van der Waals surface area contributed by atoms with Gasteiger partial charge in [-0.3, -0.25) is 0 Å². The lowest BCUT2D eigenvalue weighted by Gasteiger charge is -2.30. The number of nitrogens with zero attached hydrogens (tertiary/aromatic N) is 1. The molecule has 1 aliphatic heterocycles. The second-order valence-electron chi connectivity index (χ2n) is 6.98. The van der Waals surface area contributed by atoms with Crippen LogP contribution in [-0.4, -0.2) is 16.0 Å². The van der Waals surface area contributed by atoms with Crippen molar-refractivity contribution in [1.82, 2.24) is 20.6 Å². The first-order chi connectivity index (χ1) is 14.6. The van der Waals surface area contributed by atoms with Gasteiger partial charge in [-0.15, -0.1) is 0 Å². The second kappa shape index (κ2) is 7.31. The Bertz CT molecular complexity index is 1250. The van der Waals surface area contributed by atoms with Crippen LogP contribution >= 0.6 is 11.6 Å². The van der Waals surface area contributed by atoms with Crippen molar-refractivity contribution in [2.24, 2.45) is 0 Å². The van der Waals surface area contributed by atoms with Crippen molar-refractivity contribution in [2.75, 3.05) is 0 Å². The fourth-order valence-electron chi connectivity index (χ4n) is 3.65. The average molecular weight is 419 g/mol. The van der Waals surface area contributed by atoms with Gasteiger partial charge in [0.05, 0.1) is 22.8 Å². The van der Waals surface area contributed by atoms with E-state index in [0.717, 1.165) is 27.7 Å². The zero-order valence-electron chi connectivity index (χ0n) is 15.6. The number of halogens is 2. The highest BCUT2D eigenvalue weighted by Gasteiger charge is 2.32. The molecule has 148 valence electrons. The van der Waals surface area contributed by atoms with E-state index in [1.807, 2.05) is 36.4 Å². The molecule has 1 aliphatic rings. The van der Waals surface area contributed by atoms with Crippen LogP contribution in [0.3, 0.4) is 0 Å². The van der Waals surface area contributed by atoms with E-state index < -0.39 is 6.04 Å². The molecule has 4 aromatic rings. The Morgan fingerprint density at radius 3 is 2.40 bits per heavy atom. The number of carbonyl (C=O) groups is 1. The minimum absolute atomic E-state index is 0.341. The number of nitrogens with one attached hydrogen (secondary N) is 3. The highest BCUT2D eigenvalue weighted by molar-refractivity contribution is 6.30. The van der Waals surface area contributed by atoms with Crippen LogP contribution in [-0.2, 0) is 0 Å². The van der Waals surface area contributed by atoms with Crippen LogP contribution in [0.15, 0.2) is 72.8 Å². The van der Waals surface area contributed by atoms with Gasteiger partial charge in [0.2, 0.25) is 0 Å². The summed E-state index contributed by atoms with van der Waals surface area (Å²) in [7, 11) is 0. The number of amides is 2. The average Bonchev–Trinajstić information content (AvgIpc) is 3.18. The fourth-order valence-corrected chi connectivity index (χ4v) is 3.78. The van der Waals surface area contributed by atoms with Gasteiger partial charge in [0.1, 0.15) is 11.6 Å². The van der Waals surface area contributed by atoms with Gasteiger partial charge in [-0.05, 0) is 47.5 Å². The van der Waals surface area contributed by atoms with Crippen LogP contribution in [0.25, 0.3) is 22.3 Å². The molecule has 30 heavy (non-hydrogen) atoms. The van der Waals surface area contributed by atoms with Crippen molar-refractivity contribution in [3.63, 3.8) is 0 Å². The van der Waals surface area contributed by atoms with E-state index in [9.17, 15) is 9.18 Å². The van der Waals surface area contributed by atoms with Crippen molar-refractivity contribution >= 4 is 39.9 Å². The van der Waals surface area contributed by atoms with Crippen LogP contribution in [0.4, 0.5) is 9.18 Å². The predicted molar refractivity (Wildman–Crippen MR) is 115 cm³/mol. The van der Waals surface area contributed by atoms with Crippen molar-refractivity contribution < 1.29 is 9.18 Å². The second-order valence-corrected chi connectivity index (χ2v) is 7.42. The molecule has 7 heteroatoms. The third kappa shape index (κ3) is 3.31. The van der Waals surface area contributed by atoms with Gasteiger partial charge in [0, 0.05) is 10.6 Å². The molecule has 3 N–H and O–H groups in total. The largest absolute Gasteiger partial charge is 0.338 e. The number of rotatable bonds is 3. The molecule has 2 amide bonds. The molecule has 0 saturated heterocycles. The standard InChI is InChI=1S/C23H16ClFN4O/c24-15-9-5-13(6-10-15)20-19(22-26-17-3-1-2-4-18(17)27-22)21(29-23(30)28-20)14-7-11-16(25)12-8-14/h1-12,21H,(H,26,27)(H2,28,29,30). The summed E-state index contributed by atoms with van der Waals surface area (Å²) in [5, 5.41) is 6.45. The van der Waals surface area contributed by atoms with E-state index in [0.29, 0.717) is 16.5 Å². The van der Waals surface area contributed by atoms with Crippen molar-refractivity contribution in [2.45, 2.75) is 6.04 Å². The smallest absolute Gasteiger partial charge is 0.320 e. The van der Waals surface area contributed by atoms with Gasteiger partial charge in [0.25, 0.3) is 0 Å². The number of hydrogen-bond donors (Lipinski definition) is 3. The maximum Gasteiger partial charge on any atom is 0.320 e. The zero-order valence-corrected chi connectivity index (χ0v) is 16.4. The maximum absolute atomic E-state index is 13.5. The summed E-state index contributed by atoms with van der Waals surface area (Å²) in [5.41, 5.74) is 4.59. The lowest BCUT2D eigenvalue weighted by molar-refractivity contribution is 0.242. The van der Waals surface area contributed by atoms with Gasteiger partial charge >= 0.3 is 6.03 Å². The quantitative estimate of drug-likeness (QED) is 0.423. The normalized spacial score (nSPS) is 16.5. The molecule has 0 bridgehead atoms. The number of H-pyrrole nitrogens is 1. The number of fused-ring (bicyclic) bond motifs is 1. The SMILES string of the molecule is O=C1NC(c2ccc(Cl)cc2)=C(c2nc3ccccc3[nH]2)C(c2ccc(F)cc2)N1. The number of carbonyl (C=O) groups excluding carboxylic acids is 1. The van der Waals surface area contributed by atoms with E-state index in [-0.39, 0.29) is 11.8 Å². The van der Waals surface area contributed by atoms with E-state index in [1.165, 1.54) is 12.1 Å². The summed E-state index contributed by atoms with van der Waals surface area (Å²) < 4.78 is 13.5. The predicted octanol–water partition coefficient (Wildman–Crippen LogP) is 5.28. The minimum Gasteiger partial charge on any atom is -0.338 e. The van der Waals surface area contributed by atoms with Gasteiger partial charge < -0.3 is 15.6 Å². The number of benzene rings is 3. The fraction of sp³-hybridized carbons (Fsp3) is 0.0435. The molecule has 0 radical (unpaired) electrons. The Labute approximate surface area is 176 Å². The lowest BCUT2D eigenvalue weighted by atomic mass is 9.92. The van der Waals surface area contributed by atoms with Crippen molar-refractivity contribution in [3.8, 4) is 0 Å². The van der Waals surface area contributed by atoms with Crippen LogP contribution in [0.5, 0.6) is 0 Å². The van der Waals surface area contributed by atoms with Gasteiger partial charge in [-0.25, -0.2) is 14.2 Å². The summed E-state index contributed by atoms with van der Waals surface area (Å²) >= 11 is 6.06. The summed E-state index contributed by atoms with van der Waals surface area (Å²) in [6, 6.07) is 20.1. The molecule has 5 nitrogen and oxygen atoms in total. The molecule has 3 aromatic carbocycles. The van der Waals surface area contributed by atoms with Gasteiger partial charge in [-0.1, -0.05) is 48.0 Å². The Balaban J connectivity index is 1.76.